The van der Waals surface area contributed by atoms with Gasteiger partial charge in [-0.25, -0.2) is 14.8 Å². The molecule has 23 heavy (non-hydrogen) atoms. The van der Waals surface area contributed by atoms with Gasteiger partial charge in [0.1, 0.15) is 12.1 Å². The maximum Gasteiger partial charge on any atom is 0.315 e. The highest BCUT2D eigenvalue weighted by molar-refractivity contribution is 5.73. The van der Waals surface area contributed by atoms with Crippen LogP contribution >= 0.6 is 0 Å². The van der Waals surface area contributed by atoms with Gasteiger partial charge in [-0.1, -0.05) is 19.9 Å². The van der Waals surface area contributed by atoms with Gasteiger partial charge in [0, 0.05) is 31.7 Å². The van der Waals surface area contributed by atoms with Gasteiger partial charge in [-0.05, 0) is 24.0 Å². The first kappa shape index (κ1) is 17.0. The van der Waals surface area contributed by atoms with E-state index in [0.29, 0.717) is 18.9 Å². The Labute approximate surface area is 135 Å². The Hall–Kier alpha value is -2.41. The van der Waals surface area contributed by atoms with Gasteiger partial charge in [0.25, 0.3) is 0 Å². The molecular formula is C16H23N5O2. The van der Waals surface area contributed by atoms with Crippen LogP contribution in [-0.4, -0.2) is 38.3 Å². The highest BCUT2D eigenvalue weighted by atomic mass is 16.3. The third-order valence-electron chi connectivity index (χ3n) is 3.27. The molecule has 0 saturated carbocycles. The van der Waals surface area contributed by atoms with Gasteiger partial charge in [0.15, 0.2) is 0 Å². The van der Waals surface area contributed by atoms with Crippen molar-refractivity contribution < 1.29 is 9.90 Å². The Morgan fingerprint density at radius 2 is 2.17 bits per heavy atom. The largest absolute Gasteiger partial charge is 0.391 e. The van der Waals surface area contributed by atoms with Gasteiger partial charge in [-0.3, -0.25) is 4.57 Å². The number of hydrogen-bond donors (Lipinski definition) is 3. The summed E-state index contributed by atoms with van der Waals surface area (Å²) >= 11 is 0. The predicted molar refractivity (Wildman–Crippen MR) is 87.1 cm³/mol. The fourth-order valence-corrected chi connectivity index (χ4v) is 2.15. The van der Waals surface area contributed by atoms with Crippen LogP contribution in [0.4, 0.5) is 4.79 Å². The van der Waals surface area contributed by atoms with E-state index in [9.17, 15) is 9.90 Å². The number of carbonyl (C=O) groups excluding carboxylic acids is 1. The summed E-state index contributed by atoms with van der Waals surface area (Å²) in [6, 6.07) is 3.46. The van der Waals surface area contributed by atoms with E-state index in [1.54, 1.807) is 23.3 Å². The normalized spacial score (nSPS) is 12.2. The Balaban J connectivity index is 1.74. The fourth-order valence-electron chi connectivity index (χ4n) is 2.15. The molecule has 0 radical (unpaired) electrons. The first-order valence-corrected chi connectivity index (χ1v) is 7.67. The number of carbonyl (C=O) groups is 1. The van der Waals surface area contributed by atoms with Crippen LogP contribution in [0.3, 0.4) is 0 Å². The summed E-state index contributed by atoms with van der Waals surface area (Å²) in [5, 5.41) is 15.1. The smallest absolute Gasteiger partial charge is 0.315 e. The quantitative estimate of drug-likeness (QED) is 0.721. The molecule has 0 aliphatic heterocycles. The molecule has 3 N–H and O–H groups in total. The van der Waals surface area contributed by atoms with Gasteiger partial charge in [-0.15, -0.1) is 0 Å². The topological polar surface area (TPSA) is 92.1 Å². The molecule has 2 aromatic heterocycles. The summed E-state index contributed by atoms with van der Waals surface area (Å²) in [5.41, 5.74) is 0.895. The number of urea groups is 1. The van der Waals surface area contributed by atoms with Crippen LogP contribution in [0.25, 0.3) is 5.82 Å². The van der Waals surface area contributed by atoms with Gasteiger partial charge in [0.05, 0.1) is 6.10 Å². The number of aromatic nitrogens is 3. The lowest BCUT2D eigenvalue weighted by Gasteiger charge is -2.14. The summed E-state index contributed by atoms with van der Waals surface area (Å²) in [5.74, 6) is 1.17. The molecule has 124 valence electrons. The van der Waals surface area contributed by atoms with E-state index in [2.05, 4.69) is 20.6 Å². The average Bonchev–Trinajstić information content (AvgIpc) is 3.05. The van der Waals surface area contributed by atoms with Crippen LogP contribution in [0.15, 0.2) is 37.1 Å². The van der Waals surface area contributed by atoms with Gasteiger partial charge in [0.2, 0.25) is 0 Å². The van der Waals surface area contributed by atoms with Crippen LogP contribution in [0.2, 0.25) is 0 Å². The molecule has 0 saturated heterocycles. The predicted octanol–water partition coefficient (Wildman–Crippen LogP) is 1.47. The zero-order chi connectivity index (χ0) is 16.7. The van der Waals surface area contributed by atoms with Crippen molar-refractivity contribution in [3.63, 3.8) is 0 Å². The molecule has 0 spiro atoms. The zero-order valence-corrected chi connectivity index (χ0v) is 13.4. The molecule has 1 atom stereocenters. The molecule has 0 aliphatic carbocycles. The summed E-state index contributed by atoms with van der Waals surface area (Å²) in [6.45, 7) is 4.69. The first-order valence-electron chi connectivity index (χ1n) is 7.67. The van der Waals surface area contributed by atoms with Crippen molar-refractivity contribution in [1.82, 2.24) is 25.2 Å². The number of imidazole rings is 1. The Morgan fingerprint density at radius 1 is 1.35 bits per heavy atom. The molecule has 0 fully saturated rings. The molecule has 7 nitrogen and oxygen atoms in total. The van der Waals surface area contributed by atoms with Crippen molar-refractivity contribution in [3.8, 4) is 5.82 Å². The highest BCUT2D eigenvalue weighted by Gasteiger charge is 2.08. The summed E-state index contributed by atoms with van der Waals surface area (Å²) in [7, 11) is 0. The molecule has 1 unspecified atom stereocenters. The Kier molecular flexibility index (Phi) is 6.10. The lowest BCUT2D eigenvalue weighted by atomic mass is 10.1. The maximum absolute atomic E-state index is 11.7. The van der Waals surface area contributed by atoms with Crippen molar-refractivity contribution in [2.45, 2.75) is 32.9 Å². The average molecular weight is 317 g/mol. The van der Waals surface area contributed by atoms with E-state index in [0.717, 1.165) is 11.4 Å². The molecule has 2 amide bonds. The van der Waals surface area contributed by atoms with Crippen molar-refractivity contribution in [2.75, 3.05) is 6.54 Å². The number of nitrogens with zero attached hydrogens (tertiary/aromatic N) is 3. The van der Waals surface area contributed by atoms with Crippen molar-refractivity contribution in [1.29, 1.82) is 0 Å². The number of aliphatic hydroxyl groups excluding tert-OH is 1. The lowest BCUT2D eigenvalue weighted by Crippen LogP contribution is -2.39. The number of rotatable bonds is 7. The molecule has 0 aliphatic rings. The third kappa shape index (κ3) is 5.71. The first-order chi connectivity index (χ1) is 11.0. The fraction of sp³-hybridized carbons (Fsp3) is 0.438. The lowest BCUT2D eigenvalue weighted by molar-refractivity contribution is 0.147. The van der Waals surface area contributed by atoms with Gasteiger partial charge < -0.3 is 15.7 Å². The minimum Gasteiger partial charge on any atom is -0.391 e. The van der Waals surface area contributed by atoms with E-state index < -0.39 is 6.10 Å². The summed E-state index contributed by atoms with van der Waals surface area (Å²) in [4.78, 5) is 20.0. The maximum atomic E-state index is 11.7. The van der Waals surface area contributed by atoms with E-state index in [-0.39, 0.29) is 12.6 Å². The van der Waals surface area contributed by atoms with Crippen molar-refractivity contribution >= 4 is 6.03 Å². The number of aliphatic hydroxyl groups is 1. The summed E-state index contributed by atoms with van der Waals surface area (Å²) in [6.07, 6.45) is 7.04. The van der Waals surface area contributed by atoms with Crippen molar-refractivity contribution in [3.05, 3.63) is 42.6 Å². The van der Waals surface area contributed by atoms with E-state index in [4.69, 9.17) is 0 Å². The number of hydrogen-bond acceptors (Lipinski definition) is 4. The van der Waals surface area contributed by atoms with E-state index in [1.807, 2.05) is 32.2 Å². The van der Waals surface area contributed by atoms with Crippen LogP contribution in [-0.2, 0) is 6.54 Å². The Morgan fingerprint density at radius 3 is 2.78 bits per heavy atom. The highest BCUT2D eigenvalue weighted by Crippen LogP contribution is 2.05. The van der Waals surface area contributed by atoms with Gasteiger partial charge >= 0.3 is 6.03 Å². The van der Waals surface area contributed by atoms with Crippen LogP contribution < -0.4 is 10.6 Å². The molecule has 2 heterocycles. The van der Waals surface area contributed by atoms with Crippen LogP contribution in [0.1, 0.15) is 25.8 Å². The van der Waals surface area contributed by atoms with Gasteiger partial charge in [-0.2, -0.15) is 0 Å². The second-order valence-corrected chi connectivity index (χ2v) is 5.84. The van der Waals surface area contributed by atoms with Crippen LogP contribution in [0.5, 0.6) is 0 Å². The zero-order valence-electron chi connectivity index (χ0n) is 13.4. The molecule has 2 rings (SSSR count). The summed E-state index contributed by atoms with van der Waals surface area (Å²) < 4.78 is 1.81. The molecule has 0 bridgehead atoms. The SMILES string of the molecule is CC(C)CC(O)CNC(=O)NCc1ccc(-n2ccnc2)nc1. The monoisotopic (exact) mass is 317 g/mol. The van der Waals surface area contributed by atoms with Crippen LogP contribution in [0, 0.1) is 5.92 Å². The number of amides is 2. The van der Waals surface area contributed by atoms with Crippen molar-refractivity contribution in [2.24, 2.45) is 5.92 Å². The number of nitrogens with one attached hydrogen (secondary N) is 2. The van der Waals surface area contributed by atoms with E-state index in [1.165, 1.54) is 0 Å². The molecular weight excluding hydrogens is 294 g/mol. The minimum absolute atomic E-state index is 0.252. The second kappa shape index (κ2) is 8.28. The third-order valence-corrected chi connectivity index (χ3v) is 3.27. The number of pyridine rings is 1. The second-order valence-electron chi connectivity index (χ2n) is 5.84. The van der Waals surface area contributed by atoms with E-state index >= 15 is 0 Å². The standard InChI is InChI=1S/C16H23N5O2/c1-12(2)7-14(22)10-20-16(23)19-9-13-3-4-15(18-8-13)21-6-5-17-11-21/h3-6,8,11-12,14,22H,7,9-10H2,1-2H3,(H2,19,20,23). The molecule has 7 heteroatoms. The minimum atomic E-state index is -0.517. The molecule has 0 aromatic carbocycles. The molecule has 2 aromatic rings. The Bertz CT molecular complexity index is 595.